The van der Waals surface area contributed by atoms with Crippen molar-refractivity contribution in [3.63, 3.8) is 0 Å². The molecule has 1 aromatic carbocycles. The quantitative estimate of drug-likeness (QED) is 0.420. The Morgan fingerprint density at radius 3 is 2.17 bits per heavy atom. The minimum atomic E-state index is -1.11. The summed E-state index contributed by atoms with van der Waals surface area (Å²) in [5, 5.41) is 8.71. The van der Waals surface area contributed by atoms with Gasteiger partial charge in [-0.1, -0.05) is 18.2 Å². The van der Waals surface area contributed by atoms with Crippen LogP contribution in [0.3, 0.4) is 0 Å². The number of carbonyl (C=O) groups excluding carboxylic acids is 3. The van der Waals surface area contributed by atoms with Gasteiger partial charge in [-0.3, -0.25) is 19.2 Å². The molecule has 3 aliphatic heterocycles. The largest absolute Gasteiger partial charge is 0.481 e. The van der Waals surface area contributed by atoms with E-state index in [1.165, 1.54) is 7.11 Å². The van der Waals surface area contributed by atoms with E-state index < -0.39 is 54.1 Å². The van der Waals surface area contributed by atoms with Gasteiger partial charge in [0.25, 0.3) is 0 Å². The van der Waals surface area contributed by atoms with Gasteiger partial charge < -0.3 is 19.3 Å². The van der Waals surface area contributed by atoms with Crippen LogP contribution in [0.4, 0.5) is 5.69 Å². The SMILES string of the molecule is COC1C(OC(=O)CCC(=O)O)C2OC1C1C(=O)N(c3ccccc3)C(=O)C21.[CH3+]. The maximum atomic E-state index is 13.0. The molecule has 1 aromatic rings. The molecule has 2 bridgehead atoms. The van der Waals surface area contributed by atoms with Crippen molar-refractivity contribution >= 4 is 29.4 Å². The number of amides is 2. The Balaban J connectivity index is 0.00000240. The number of carboxylic acid groups (broad SMARTS) is 1. The number of anilines is 1. The highest BCUT2D eigenvalue weighted by atomic mass is 16.6. The Bertz CT molecular complexity index is 825. The lowest BCUT2D eigenvalue weighted by molar-refractivity contribution is -0.162. The van der Waals surface area contributed by atoms with Gasteiger partial charge in [-0.2, -0.15) is 0 Å². The van der Waals surface area contributed by atoms with Gasteiger partial charge in [0.05, 0.1) is 30.4 Å². The van der Waals surface area contributed by atoms with Gasteiger partial charge >= 0.3 is 11.9 Å². The Kier molecular flexibility index (Phi) is 5.63. The molecule has 0 radical (unpaired) electrons. The molecule has 6 unspecified atom stereocenters. The third kappa shape index (κ3) is 3.26. The van der Waals surface area contributed by atoms with E-state index in [2.05, 4.69) is 0 Å². The number of imide groups is 1. The lowest BCUT2D eigenvalue weighted by Crippen LogP contribution is -2.50. The Morgan fingerprint density at radius 2 is 1.62 bits per heavy atom. The Hall–Kier alpha value is -2.91. The second kappa shape index (κ2) is 7.84. The maximum Gasteiger partial charge on any atom is 0.306 e. The zero-order chi connectivity index (χ0) is 20.0. The summed E-state index contributed by atoms with van der Waals surface area (Å²) in [6, 6.07) is 8.61. The number of fused-ring (bicyclic) bond motifs is 5. The highest BCUT2D eigenvalue weighted by Gasteiger charge is 2.70. The molecule has 9 heteroatoms. The molecule has 0 saturated carbocycles. The van der Waals surface area contributed by atoms with E-state index in [4.69, 9.17) is 19.3 Å². The molecule has 9 nitrogen and oxygen atoms in total. The van der Waals surface area contributed by atoms with Gasteiger partial charge in [0.1, 0.15) is 18.3 Å². The fourth-order valence-corrected chi connectivity index (χ4v) is 4.35. The number of aliphatic carboxylic acids is 1. The van der Waals surface area contributed by atoms with Gasteiger partial charge in [-0.05, 0) is 12.1 Å². The van der Waals surface area contributed by atoms with E-state index >= 15 is 0 Å². The minimum absolute atomic E-state index is 0. The van der Waals surface area contributed by atoms with Crippen molar-refractivity contribution in [3.8, 4) is 0 Å². The van der Waals surface area contributed by atoms with E-state index in [1.807, 2.05) is 0 Å². The van der Waals surface area contributed by atoms with Crippen molar-refractivity contribution < 1.29 is 38.5 Å². The van der Waals surface area contributed by atoms with Gasteiger partial charge in [0, 0.05) is 14.5 Å². The smallest absolute Gasteiger partial charge is 0.306 e. The van der Waals surface area contributed by atoms with Crippen LogP contribution in [0.5, 0.6) is 0 Å². The molecule has 0 spiro atoms. The molecule has 3 fully saturated rings. The summed E-state index contributed by atoms with van der Waals surface area (Å²) in [5.41, 5.74) is 0.482. The third-order valence-corrected chi connectivity index (χ3v) is 5.49. The summed E-state index contributed by atoms with van der Waals surface area (Å²) in [7, 11) is 1.41. The van der Waals surface area contributed by atoms with Crippen LogP contribution in [0, 0.1) is 19.3 Å². The lowest BCUT2D eigenvalue weighted by Gasteiger charge is -2.31. The summed E-state index contributed by atoms with van der Waals surface area (Å²) in [6.45, 7) is 0. The fourth-order valence-electron chi connectivity index (χ4n) is 4.35. The van der Waals surface area contributed by atoms with Crippen molar-refractivity contribution in [2.45, 2.75) is 37.3 Å². The molecule has 3 saturated heterocycles. The first-order valence-electron chi connectivity index (χ1n) is 8.96. The van der Waals surface area contributed by atoms with Crippen LogP contribution in [-0.4, -0.2) is 60.4 Å². The van der Waals surface area contributed by atoms with Crippen LogP contribution in [-0.2, 0) is 33.4 Å². The molecule has 29 heavy (non-hydrogen) atoms. The van der Waals surface area contributed by atoms with Gasteiger partial charge in [-0.15, -0.1) is 0 Å². The highest BCUT2D eigenvalue weighted by molar-refractivity contribution is 6.22. The van der Waals surface area contributed by atoms with Gasteiger partial charge in [-0.25, -0.2) is 4.90 Å². The standard InChI is InChI=1S/C19H19NO8.CH3/c1-26-16-14-12-13(15(28-14)17(16)27-11(23)8-7-10(21)22)19(25)20(18(12)24)9-5-3-2-4-6-9;/h2-6,12-17H,7-8H2,1H3,(H,21,22);1H3/q;+1. The van der Waals surface area contributed by atoms with Gasteiger partial charge in [0.2, 0.25) is 11.8 Å². The van der Waals surface area contributed by atoms with Crippen molar-refractivity contribution in [1.82, 2.24) is 0 Å². The van der Waals surface area contributed by atoms with E-state index in [0.29, 0.717) is 5.69 Å². The van der Waals surface area contributed by atoms with Crippen LogP contribution in [0.1, 0.15) is 12.8 Å². The number of hydrogen-bond donors (Lipinski definition) is 1. The second-order valence-electron chi connectivity index (χ2n) is 7.01. The Labute approximate surface area is 167 Å². The molecule has 6 atom stereocenters. The number of hydrogen-bond acceptors (Lipinski definition) is 7. The summed E-state index contributed by atoms with van der Waals surface area (Å²) < 4.78 is 16.6. The number of nitrogens with zero attached hydrogens (tertiary/aromatic N) is 1. The van der Waals surface area contributed by atoms with Crippen molar-refractivity contribution in [1.29, 1.82) is 0 Å². The number of benzene rings is 1. The summed E-state index contributed by atoms with van der Waals surface area (Å²) in [5.74, 6) is -4.03. The fraction of sp³-hybridized carbons (Fsp3) is 0.450. The number of methoxy groups -OCH3 is 1. The van der Waals surface area contributed by atoms with E-state index in [0.717, 1.165) is 4.90 Å². The molecule has 2 amide bonds. The first kappa shape index (κ1) is 20.8. The molecule has 3 aliphatic rings. The van der Waals surface area contributed by atoms with Crippen molar-refractivity contribution in [2.75, 3.05) is 12.0 Å². The van der Waals surface area contributed by atoms with Crippen molar-refractivity contribution in [3.05, 3.63) is 37.8 Å². The number of esters is 1. The molecule has 1 N–H and O–H groups in total. The van der Waals surface area contributed by atoms with E-state index in [-0.39, 0.29) is 26.2 Å². The Morgan fingerprint density at radius 1 is 1.03 bits per heavy atom. The molecule has 154 valence electrons. The number of carboxylic acids is 1. The normalized spacial score (nSPS) is 32.1. The highest BCUT2D eigenvalue weighted by Crippen LogP contribution is 2.51. The van der Waals surface area contributed by atoms with E-state index in [1.54, 1.807) is 30.3 Å². The minimum Gasteiger partial charge on any atom is -0.481 e. The topological polar surface area (TPSA) is 119 Å². The number of ether oxygens (including phenoxy) is 3. The number of carbonyl (C=O) groups is 4. The predicted molar refractivity (Wildman–Crippen MR) is 98.5 cm³/mol. The number of para-hydroxylation sites is 1. The average Bonchev–Trinajstić information content (AvgIpc) is 3.30. The molecule has 0 aliphatic carbocycles. The number of rotatable bonds is 6. The predicted octanol–water partition coefficient (Wildman–Crippen LogP) is 0.815. The first-order valence-corrected chi connectivity index (χ1v) is 8.96. The molecular formula is C20H22NO8+. The van der Waals surface area contributed by atoms with E-state index in [9.17, 15) is 19.2 Å². The summed E-state index contributed by atoms with van der Waals surface area (Å²) in [6.07, 6.45) is -3.74. The zero-order valence-electron chi connectivity index (χ0n) is 16.0. The lowest BCUT2D eigenvalue weighted by atomic mass is 9.78. The van der Waals surface area contributed by atoms with Crippen LogP contribution in [0.25, 0.3) is 0 Å². The maximum absolute atomic E-state index is 13.0. The average molecular weight is 404 g/mol. The van der Waals surface area contributed by atoms with Crippen LogP contribution in [0.15, 0.2) is 30.3 Å². The summed E-state index contributed by atoms with van der Waals surface area (Å²) >= 11 is 0. The monoisotopic (exact) mass is 404 g/mol. The molecule has 0 aromatic heterocycles. The van der Waals surface area contributed by atoms with Crippen LogP contribution in [0.2, 0.25) is 0 Å². The van der Waals surface area contributed by atoms with Crippen LogP contribution < -0.4 is 4.90 Å². The summed E-state index contributed by atoms with van der Waals surface area (Å²) in [4.78, 5) is 49.7. The van der Waals surface area contributed by atoms with Crippen LogP contribution >= 0.6 is 0 Å². The van der Waals surface area contributed by atoms with Crippen molar-refractivity contribution in [2.24, 2.45) is 11.8 Å². The second-order valence-corrected chi connectivity index (χ2v) is 7.01. The first-order chi connectivity index (χ1) is 13.4. The van der Waals surface area contributed by atoms with Gasteiger partial charge in [0.15, 0.2) is 6.10 Å². The molecule has 3 heterocycles. The third-order valence-electron chi connectivity index (χ3n) is 5.49. The molecular weight excluding hydrogens is 382 g/mol. The zero-order valence-corrected chi connectivity index (χ0v) is 16.0. The molecule has 4 rings (SSSR count).